The van der Waals surface area contributed by atoms with Gasteiger partial charge in [-0.05, 0) is 31.0 Å². The first-order valence-corrected chi connectivity index (χ1v) is 9.13. The Kier molecular flexibility index (Phi) is 6.11. The fourth-order valence-corrected chi connectivity index (χ4v) is 3.53. The van der Waals surface area contributed by atoms with E-state index in [4.69, 9.17) is 4.74 Å². The van der Waals surface area contributed by atoms with E-state index in [9.17, 15) is 13.2 Å². The van der Waals surface area contributed by atoms with Crippen molar-refractivity contribution in [2.75, 3.05) is 6.54 Å². The zero-order valence-electron chi connectivity index (χ0n) is 13.8. The van der Waals surface area contributed by atoms with Gasteiger partial charge in [0.15, 0.2) is 0 Å². The molecule has 5 nitrogen and oxygen atoms in total. The van der Waals surface area contributed by atoms with Crippen molar-refractivity contribution in [3.8, 4) is 0 Å². The SMILES string of the molecule is Cc1ccc(S(=O)(=O)NCCC(=O)OCc2ccccc2)c(C)c1. The molecule has 0 aliphatic heterocycles. The minimum atomic E-state index is -3.63. The zero-order chi connectivity index (χ0) is 17.6. The second-order valence-electron chi connectivity index (χ2n) is 5.56. The average Bonchev–Trinajstić information content (AvgIpc) is 2.53. The van der Waals surface area contributed by atoms with Crippen LogP contribution in [0, 0.1) is 13.8 Å². The van der Waals surface area contributed by atoms with Gasteiger partial charge in [0.1, 0.15) is 6.61 Å². The van der Waals surface area contributed by atoms with Crippen LogP contribution in [0.1, 0.15) is 23.1 Å². The van der Waals surface area contributed by atoms with E-state index in [0.29, 0.717) is 5.56 Å². The molecule has 0 amide bonds. The quantitative estimate of drug-likeness (QED) is 0.782. The summed E-state index contributed by atoms with van der Waals surface area (Å²) in [5.74, 6) is -0.442. The van der Waals surface area contributed by atoms with Gasteiger partial charge in [0.25, 0.3) is 0 Å². The molecule has 0 aliphatic rings. The molecule has 0 saturated carbocycles. The number of carbonyl (C=O) groups is 1. The van der Waals surface area contributed by atoms with Gasteiger partial charge in [0, 0.05) is 6.54 Å². The highest BCUT2D eigenvalue weighted by Crippen LogP contribution is 2.16. The molecule has 0 spiro atoms. The fourth-order valence-electron chi connectivity index (χ4n) is 2.28. The van der Waals surface area contributed by atoms with Crippen LogP contribution in [0.3, 0.4) is 0 Å². The molecule has 0 heterocycles. The topological polar surface area (TPSA) is 72.5 Å². The molecular formula is C18H21NO4S. The number of nitrogens with one attached hydrogen (secondary N) is 1. The van der Waals surface area contributed by atoms with Crippen molar-refractivity contribution in [1.82, 2.24) is 4.72 Å². The largest absolute Gasteiger partial charge is 0.461 e. The summed E-state index contributed by atoms with van der Waals surface area (Å²) < 4.78 is 32.1. The minimum absolute atomic E-state index is 0.00325. The molecule has 1 N–H and O–H groups in total. The van der Waals surface area contributed by atoms with Gasteiger partial charge in [-0.25, -0.2) is 13.1 Å². The van der Waals surface area contributed by atoms with E-state index >= 15 is 0 Å². The van der Waals surface area contributed by atoms with E-state index in [1.54, 1.807) is 19.1 Å². The van der Waals surface area contributed by atoms with Gasteiger partial charge in [0.05, 0.1) is 11.3 Å². The van der Waals surface area contributed by atoms with Gasteiger partial charge in [0.2, 0.25) is 10.0 Å². The predicted octanol–water partition coefficient (Wildman–Crippen LogP) is 2.72. The molecular weight excluding hydrogens is 326 g/mol. The lowest BCUT2D eigenvalue weighted by atomic mass is 10.2. The smallest absolute Gasteiger partial charge is 0.307 e. The first-order chi connectivity index (χ1) is 11.4. The van der Waals surface area contributed by atoms with Crippen LogP contribution in [0.25, 0.3) is 0 Å². The molecule has 2 aromatic carbocycles. The van der Waals surface area contributed by atoms with Gasteiger partial charge in [-0.3, -0.25) is 4.79 Å². The molecule has 0 saturated heterocycles. The number of esters is 1. The molecule has 128 valence electrons. The van der Waals surface area contributed by atoms with Crippen LogP contribution in [0.4, 0.5) is 0 Å². The third kappa shape index (κ3) is 5.18. The molecule has 2 aromatic rings. The van der Waals surface area contributed by atoms with E-state index < -0.39 is 16.0 Å². The normalized spacial score (nSPS) is 11.2. The Labute approximate surface area is 142 Å². The standard InChI is InChI=1S/C18H21NO4S/c1-14-8-9-17(15(2)12-14)24(21,22)19-11-10-18(20)23-13-16-6-4-3-5-7-16/h3-9,12,19H,10-11,13H2,1-2H3. The average molecular weight is 347 g/mol. The van der Waals surface area contributed by atoms with Crippen molar-refractivity contribution >= 4 is 16.0 Å². The zero-order valence-corrected chi connectivity index (χ0v) is 14.6. The number of carbonyl (C=O) groups excluding carboxylic acids is 1. The summed E-state index contributed by atoms with van der Waals surface area (Å²) >= 11 is 0. The molecule has 0 atom stereocenters. The maximum absolute atomic E-state index is 12.3. The van der Waals surface area contributed by atoms with Crippen LogP contribution in [-0.2, 0) is 26.2 Å². The molecule has 6 heteroatoms. The summed E-state index contributed by atoms with van der Waals surface area (Å²) in [7, 11) is -3.63. The lowest BCUT2D eigenvalue weighted by Crippen LogP contribution is -2.27. The predicted molar refractivity (Wildman–Crippen MR) is 92.0 cm³/mol. The summed E-state index contributed by atoms with van der Waals surface area (Å²) in [5, 5.41) is 0. The Hall–Kier alpha value is -2.18. The van der Waals surface area contributed by atoms with Crippen LogP contribution in [-0.4, -0.2) is 20.9 Å². The third-order valence-electron chi connectivity index (χ3n) is 3.48. The Morgan fingerprint density at radius 1 is 1.08 bits per heavy atom. The molecule has 24 heavy (non-hydrogen) atoms. The molecule has 0 unspecified atom stereocenters. The molecule has 0 fully saturated rings. The number of benzene rings is 2. The first-order valence-electron chi connectivity index (χ1n) is 7.65. The van der Waals surface area contributed by atoms with E-state index in [2.05, 4.69) is 4.72 Å². The van der Waals surface area contributed by atoms with Gasteiger partial charge in [-0.1, -0.05) is 48.0 Å². The van der Waals surface area contributed by atoms with Gasteiger partial charge < -0.3 is 4.74 Å². The highest BCUT2D eigenvalue weighted by atomic mass is 32.2. The molecule has 0 aromatic heterocycles. The van der Waals surface area contributed by atoms with Crippen molar-refractivity contribution in [2.24, 2.45) is 0 Å². The highest BCUT2D eigenvalue weighted by Gasteiger charge is 2.16. The van der Waals surface area contributed by atoms with Crippen molar-refractivity contribution in [1.29, 1.82) is 0 Å². The second-order valence-corrected chi connectivity index (χ2v) is 7.30. The Morgan fingerprint density at radius 2 is 1.79 bits per heavy atom. The van der Waals surface area contributed by atoms with Crippen LogP contribution in [0.5, 0.6) is 0 Å². The van der Waals surface area contributed by atoms with E-state index in [-0.39, 0.29) is 24.5 Å². The number of rotatable bonds is 7. The van der Waals surface area contributed by atoms with E-state index in [1.807, 2.05) is 43.3 Å². The van der Waals surface area contributed by atoms with Gasteiger partial charge >= 0.3 is 5.97 Å². The Morgan fingerprint density at radius 3 is 2.46 bits per heavy atom. The third-order valence-corrected chi connectivity index (χ3v) is 5.11. The Bertz CT molecular complexity index is 801. The number of sulfonamides is 1. The van der Waals surface area contributed by atoms with Crippen molar-refractivity contribution in [3.05, 3.63) is 65.2 Å². The van der Waals surface area contributed by atoms with Crippen LogP contribution in [0.2, 0.25) is 0 Å². The van der Waals surface area contributed by atoms with Crippen molar-refractivity contribution < 1.29 is 17.9 Å². The van der Waals surface area contributed by atoms with Crippen molar-refractivity contribution in [2.45, 2.75) is 31.8 Å². The first kappa shape index (κ1) is 18.2. The van der Waals surface area contributed by atoms with Crippen molar-refractivity contribution in [3.63, 3.8) is 0 Å². The number of hydrogen-bond acceptors (Lipinski definition) is 4. The number of ether oxygens (including phenoxy) is 1. The molecule has 0 aliphatic carbocycles. The second kappa shape index (κ2) is 8.08. The lowest BCUT2D eigenvalue weighted by Gasteiger charge is -2.10. The Balaban J connectivity index is 1.83. The minimum Gasteiger partial charge on any atom is -0.461 e. The van der Waals surface area contributed by atoms with Crippen LogP contribution in [0.15, 0.2) is 53.4 Å². The number of aryl methyl sites for hydroxylation is 2. The fraction of sp³-hybridized carbons (Fsp3) is 0.278. The summed E-state index contributed by atoms with van der Waals surface area (Å²) in [6.45, 7) is 3.84. The summed E-state index contributed by atoms with van der Waals surface area (Å²) in [6.07, 6.45) is -0.0169. The molecule has 2 rings (SSSR count). The lowest BCUT2D eigenvalue weighted by molar-refractivity contribution is -0.144. The monoisotopic (exact) mass is 347 g/mol. The highest BCUT2D eigenvalue weighted by molar-refractivity contribution is 7.89. The van der Waals surface area contributed by atoms with Crippen LogP contribution >= 0.6 is 0 Å². The molecule has 0 bridgehead atoms. The van der Waals surface area contributed by atoms with Gasteiger partial charge in [-0.15, -0.1) is 0 Å². The van der Waals surface area contributed by atoms with Gasteiger partial charge in [-0.2, -0.15) is 0 Å². The summed E-state index contributed by atoms with van der Waals surface area (Å²) in [4.78, 5) is 11.9. The summed E-state index contributed by atoms with van der Waals surface area (Å²) in [5.41, 5.74) is 2.56. The number of hydrogen-bond donors (Lipinski definition) is 1. The maximum Gasteiger partial charge on any atom is 0.307 e. The molecule has 0 radical (unpaired) electrons. The maximum atomic E-state index is 12.3. The van der Waals surface area contributed by atoms with E-state index in [1.165, 1.54) is 0 Å². The van der Waals surface area contributed by atoms with Crippen LogP contribution < -0.4 is 4.72 Å². The summed E-state index contributed by atoms with van der Waals surface area (Å²) in [6, 6.07) is 14.4. The van der Waals surface area contributed by atoms with E-state index in [0.717, 1.165) is 11.1 Å².